The van der Waals surface area contributed by atoms with Crippen LogP contribution in [0.5, 0.6) is 11.5 Å². The molecule has 1 unspecified atom stereocenters. The average Bonchev–Trinajstić information content (AvgIpc) is 2.64. The van der Waals surface area contributed by atoms with E-state index < -0.39 is 8.15 Å². The second-order valence-electron chi connectivity index (χ2n) is 6.24. The average molecular weight is 390 g/mol. The van der Waals surface area contributed by atoms with Crippen LogP contribution >= 0.6 is 8.15 Å². The van der Waals surface area contributed by atoms with Crippen molar-refractivity contribution in [2.45, 2.75) is 20.8 Å². The third-order valence-corrected chi connectivity index (χ3v) is 6.03. The molecule has 0 aromatic heterocycles. The van der Waals surface area contributed by atoms with E-state index in [4.69, 9.17) is 18.7 Å². The lowest BCUT2D eigenvalue weighted by Gasteiger charge is -2.21. The van der Waals surface area contributed by atoms with Crippen LogP contribution in [0.2, 0.25) is 0 Å². The minimum absolute atomic E-state index is 0.0282. The first-order chi connectivity index (χ1) is 12.9. The Morgan fingerprint density at radius 1 is 0.926 bits per heavy atom. The van der Waals surface area contributed by atoms with E-state index in [1.54, 1.807) is 27.4 Å². The van der Waals surface area contributed by atoms with Crippen LogP contribution in [0.25, 0.3) is 0 Å². The highest BCUT2D eigenvalue weighted by Gasteiger charge is 2.29. The summed E-state index contributed by atoms with van der Waals surface area (Å²) in [5.41, 5.74) is 3.72. The molecule has 0 aliphatic heterocycles. The van der Waals surface area contributed by atoms with E-state index in [0.29, 0.717) is 30.3 Å². The van der Waals surface area contributed by atoms with Gasteiger partial charge < -0.3 is 18.7 Å². The summed E-state index contributed by atoms with van der Waals surface area (Å²) in [6.45, 7) is 6.69. The van der Waals surface area contributed by atoms with Crippen LogP contribution in [0.1, 0.15) is 27.0 Å². The lowest BCUT2D eigenvalue weighted by molar-refractivity contribution is 0.105. The van der Waals surface area contributed by atoms with Crippen molar-refractivity contribution >= 4 is 19.0 Å². The maximum absolute atomic E-state index is 13.5. The normalized spacial score (nSPS) is 11.9. The smallest absolute Gasteiger partial charge is 0.216 e. The summed E-state index contributed by atoms with van der Waals surface area (Å²) in [6, 6.07) is 9.47. The van der Waals surface area contributed by atoms with Gasteiger partial charge in [-0.2, -0.15) is 0 Å². The van der Waals surface area contributed by atoms with E-state index in [1.165, 1.54) is 0 Å². The SMILES string of the molecule is COCCOP(C(=O)c1c(C)cc(C)cc1C)c1ccc(OC)cc1OC. The van der Waals surface area contributed by atoms with Gasteiger partial charge in [-0.15, -0.1) is 0 Å². The number of benzene rings is 2. The minimum atomic E-state index is -1.59. The van der Waals surface area contributed by atoms with E-state index in [9.17, 15) is 4.79 Å². The molecule has 2 aromatic rings. The number of carbonyl (C=O) groups is 1. The molecule has 0 aliphatic rings. The van der Waals surface area contributed by atoms with Crippen molar-refractivity contribution in [2.75, 3.05) is 34.5 Å². The summed E-state index contributed by atoms with van der Waals surface area (Å²) < 4.78 is 21.9. The number of methoxy groups -OCH3 is 3. The number of rotatable bonds is 9. The Balaban J connectivity index is 2.51. The van der Waals surface area contributed by atoms with Crippen LogP contribution in [-0.4, -0.2) is 40.1 Å². The zero-order chi connectivity index (χ0) is 20.0. The van der Waals surface area contributed by atoms with Crippen LogP contribution in [0, 0.1) is 20.8 Å². The molecule has 146 valence electrons. The van der Waals surface area contributed by atoms with Crippen molar-refractivity contribution in [3.05, 3.63) is 52.6 Å². The number of aryl methyl sites for hydroxylation is 3. The first-order valence-electron chi connectivity index (χ1n) is 8.69. The first kappa shape index (κ1) is 21.4. The summed E-state index contributed by atoms with van der Waals surface area (Å²) in [4.78, 5) is 13.5. The van der Waals surface area contributed by atoms with Crippen molar-refractivity contribution in [2.24, 2.45) is 0 Å². The summed E-state index contributed by atoms with van der Waals surface area (Å²) in [7, 11) is 3.19. The molecule has 0 N–H and O–H groups in total. The molecule has 27 heavy (non-hydrogen) atoms. The Morgan fingerprint density at radius 3 is 2.15 bits per heavy atom. The van der Waals surface area contributed by atoms with Gasteiger partial charge in [0, 0.05) is 18.7 Å². The molecular formula is C21H27O5P. The minimum Gasteiger partial charge on any atom is -0.497 e. The van der Waals surface area contributed by atoms with Gasteiger partial charge in [-0.05, 0) is 44.0 Å². The molecule has 0 radical (unpaired) electrons. The topological polar surface area (TPSA) is 54.0 Å². The summed E-state index contributed by atoms with van der Waals surface area (Å²) in [5, 5.41) is 0.730. The van der Waals surface area contributed by atoms with Gasteiger partial charge >= 0.3 is 0 Å². The Kier molecular flexibility index (Phi) is 7.78. The summed E-state index contributed by atoms with van der Waals surface area (Å²) in [5.74, 6) is 1.24. The van der Waals surface area contributed by atoms with Crippen LogP contribution in [0.15, 0.2) is 30.3 Å². The molecular weight excluding hydrogens is 363 g/mol. The Labute approximate surface area is 162 Å². The zero-order valence-corrected chi connectivity index (χ0v) is 17.7. The van der Waals surface area contributed by atoms with Crippen LogP contribution in [0.3, 0.4) is 0 Å². The number of carbonyl (C=O) groups excluding carboxylic acids is 1. The molecule has 2 rings (SSSR count). The van der Waals surface area contributed by atoms with Gasteiger partial charge in [0.1, 0.15) is 19.6 Å². The van der Waals surface area contributed by atoms with E-state index >= 15 is 0 Å². The van der Waals surface area contributed by atoms with Gasteiger partial charge in [0.25, 0.3) is 0 Å². The number of hydrogen-bond donors (Lipinski definition) is 0. The van der Waals surface area contributed by atoms with Crippen molar-refractivity contribution in [1.29, 1.82) is 0 Å². The standard InChI is InChI=1S/C21H27O5P/c1-14-11-15(2)20(16(3)12-14)21(22)27(26-10-9-23-4)19-8-7-17(24-5)13-18(19)25-6/h7-8,11-13H,9-10H2,1-6H3. The molecule has 0 spiro atoms. The highest BCUT2D eigenvalue weighted by molar-refractivity contribution is 7.78. The van der Waals surface area contributed by atoms with Crippen molar-refractivity contribution in [3.8, 4) is 11.5 Å². The predicted molar refractivity (Wildman–Crippen MR) is 109 cm³/mol. The van der Waals surface area contributed by atoms with Crippen LogP contribution < -0.4 is 14.8 Å². The number of hydrogen-bond acceptors (Lipinski definition) is 5. The quantitative estimate of drug-likeness (QED) is 0.476. The highest BCUT2D eigenvalue weighted by atomic mass is 31.1. The van der Waals surface area contributed by atoms with Gasteiger partial charge in [0.05, 0.1) is 32.7 Å². The maximum atomic E-state index is 13.5. The Morgan fingerprint density at radius 2 is 1.59 bits per heavy atom. The lowest BCUT2D eigenvalue weighted by Crippen LogP contribution is -2.17. The van der Waals surface area contributed by atoms with Crippen LogP contribution in [-0.2, 0) is 9.26 Å². The molecule has 0 saturated carbocycles. The molecule has 0 aliphatic carbocycles. The van der Waals surface area contributed by atoms with Gasteiger partial charge in [-0.25, -0.2) is 0 Å². The zero-order valence-electron chi connectivity index (χ0n) is 16.8. The first-order valence-corrected chi connectivity index (χ1v) is 9.95. The Hall–Kier alpha value is -1.94. The molecule has 0 fully saturated rings. The summed E-state index contributed by atoms with van der Waals surface area (Å²) in [6.07, 6.45) is 0. The molecule has 0 saturated heterocycles. The predicted octanol–water partition coefficient (Wildman–Crippen LogP) is 4.15. The van der Waals surface area contributed by atoms with E-state index in [-0.39, 0.29) is 5.52 Å². The van der Waals surface area contributed by atoms with Gasteiger partial charge in [-0.1, -0.05) is 17.7 Å². The molecule has 0 heterocycles. The third kappa shape index (κ3) is 5.07. The lowest BCUT2D eigenvalue weighted by atomic mass is 10.0. The second-order valence-corrected chi connectivity index (χ2v) is 7.97. The van der Waals surface area contributed by atoms with Crippen molar-refractivity contribution in [3.63, 3.8) is 0 Å². The fourth-order valence-corrected chi connectivity index (χ4v) is 4.88. The van der Waals surface area contributed by atoms with Gasteiger partial charge in [0.2, 0.25) is 5.52 Å². The van der Waals surface area contributed by atoms with Crippen LogP contribution in [0.4, 0.5) is 0 Å². The molecule has 6 heteroatoms. The highest BCUT2D eigenvalue weighted by Crippen LogP contribution is 2.44. The molecule has 5 nitrogen and oxygen atoms in total. The fourth-order valence-electron chi connectivity index (χ4n) is 3.02. The molecule has 0 bridgehead atoms. The number of ether oxygens (including phenoxy) is 3. The second kappa shape index (κ2) is 9.84. The van der Waals surface area contributed by atoms with Crippen molar-refractivity contribution in [1.82, 2.24) is 0 Å². The maximum Gasteiger partial charge on any atom is 0.216 e. The van der Waals surface area contributed by atoms with E-state index in [0.717, 1.165) is 22.0 Å². The Bertz CT molecular complexity index is 780. The molecule has 0 amide bonds. The monoisotopic (exact) mass is 390 g/mol. The molecule has 2 aromatic carbocycles. The largest absolute Gasteiger partial charge is 0.497 e. The fraction of sp³-hybridized carbons (Fsp3) is 0.381. The van der Waals surface area contributed by atoms with E-state index in [1.807, 2.05) is 45.0 Å². The van der Waals surface area contributed by atoms with Gasteiger partial charge in [-0.3, -0.25) is 4.79 Å². The third-order valence-electron chi connectivity index (χ3n) is 4.19. The molecule has 1 atom stereocenters. The van der Waals surface area contributed by atoms with Gasteiger partial charge in [0.15, 0.2) is 0 Å². The van der Waals surface area contributed by atoms with Crippen molar-refractivity contribution < 1.29 is 23.5 Å². The summed E-state index contributed by atoms with van der Waals surface area (Å²) >= 11 is 0. The van der Waals surface area contributed by atoms with E-state index in [2.05, 4.69) is 0 Å².